The van der Waals surface area contributed by atoms with Crippen LogP contribution in [0.4, 0.5) is 0 Å². The number of aliphatic hydroxyl groups is 7. The predicted octanol–water partition coefficient (Wildman–Crippen LogP) is -5.46. The van der Waals surface area contributed by atoms with Gasteiger partial charge < -0.3 is 81.5 Å². The van der Waals surface area contributed by atoms with E-state index >= 15 is 0 Å². The molecule has 1 aliphatic carbocycles. The van der Waals surface area contributed by atoms with Crippen molar-refractivity contribution in [2.45, 2.75) is 131 Å². The first kappa shape index (κ1) is 35.7. The van der Waals surface area contributed by atoms with E-state index < -0.39 is 111 Å². The molecule has 13 N–H and O–H groups in total. The zero-order chi connectivity index (χ0) is 32.5. The number of amides is 1. The zero-order valence-electron chi connectivity index (χ0n) is 25.2. The maximum absolute atomic E-state index is 12.3. The Labute approximate surface area is 255 Å². The molecule has 17 nitrogen and oxygen atoms in total. The van der Waals surface area contributed by atoms with E-state index in [0.717, 1.165) is 0 Å². The van der Waals surface area contributed by atoms with Gasteiger partial charge in [-0.2, -0.15) is 0 Å². The summed E-state index contributed by atoms with van der Waals surface area (Å²) in [6.07, 6.45) is -14.9. The summed E-state index contributed by atoms with van der Waals surface area (Å²) in [5.74, 6) is -1.05. The number of hydrogen-bond acceptors (Lipinski definition) is 16. The summed E-state index contributed by atoms with van der Waals surface area (Å²) in [4.78, 5) is 12.3. The smallest absolute Gasteiger partial charge is 0.249 e. The van der Waals surface area contributed by atoms with Crippen LogP contribution in [-0.4, -0.2) is 160 Å². The maximum atomic E-state index is 12.3. The average molecular weight is 639 g/mol. The highest BCUT2D eigenvalue weighted by atomic mass is 16.8. The molecule has 8 unspecified atom stereocenters. The summed E-state index contributed by atoms with van der Waals surface area (Å²) in [6, 6.07) is -2.95. The molecule has 0 aromatic heterocycles. The molecule has 0 spiro atoms. The quantitative estimate of drug-likeness (QED) is 0.106. The van der Waals surface area contributed by atoms with Gasteiger partial charge >= 0.3 is 0 Å². The van der Waals surface area contributed by atoms with Gasteiger partial charge in [0.1, 0.15) is 42.7 Å². The lowest BCUT2D eigenvalue weighted by Gasteiger charge is -2.51. The van der Waals surface area contributed by atoms with Crippen LogP contribution in [-0.2, 0) is 28.5 Å². The van der Waals surface area contributed by atoms with E-state index in [1.165, 1.54) is 0 Å². The molecule has 17 heteroatoms. The summed E-state index contributed by atoms with van der Waals surface area (Å²) in [5.41, 5.74) is 11.7. The normalized spacial score (nSPS) is 48.8. The highest BCUT2D eigenvalue weighted by molar-refractivity contribution is 5.80. The highest BCUT2D eigenvalue weighted by Crippen LogP contribution is 2.37. The molecule has 44 heavy (non-hydrogen) atoms. The van der Waals surface area contributed by atoms with Crippen LogP contribution in [0.2, 0.25) is 0 Å². The van der Waals surface area contributed by atoms with Crippen molar-refractivity contribution in [2.75, 3.05) is 20.2 Å². The minimum absolute atomic E-state index is 0.0349. The van der Waals surface area contributed by atoms with Gasteiger partial charge in [-0.3, -0.25) is 4.79 Å². The van der Waals surface area contributed by atoms with Gasteiger partial charge in [-0.25, -0.2) is 0 Å². The third kappa shape index (κ3) is 7.37. The Morgan fingerprint density at radius 3 is 2.23 bits per heavy atom. The van der Waals surface area contributed by atoms with Crippen molar-refractivity contribution in [1.82, 2.24) is 10.6 Å². The molecule has 4 fully saturated rings. The summed E-state index contributed by atoms with van der Waals surface area (Å²) in [5, 5.41) is 79.0. The van der Waals surface area contributed by atoms with E-state index in [2.05, 4.69) is 10.6 Å². The summed E-state index contributed by atoms with van der Waals surface area (Å²) in [7, 11) is 1.54. The molecular formula is C27H50N4O13. The number of aliphatic hydroxyl groups excluding tert-OH is 7. The van der Waals surface area contributed by atoms with Crippen molar-refractivity contribution in [3.8, 4) is 0 Å². The van der Waals surface area contributed by atoms with Crippen LogP contribution in [0.3, 0.4) is 0 Å². The maximum Gasteiger partial charge on any atom is 0.249 e. The first-order chi connectivity index (χ1) is 20.8. The van der Waals surface area contributed by atoms with Crippen LogP contribution in [0.15, 0.2) is 0 Å². The number of rotatable bonds is 10. The Kier molecular flexibility index (Phi) is 12.3. The third-order valence-corrected chi connectivity index (χ3v) is 9.22. The van der Waals surface area contributed by atoms with Crippen molar-refractivity contribution >= 4 is 5.91 Å². The van der Waals surface area contributed by atoms with Crippen LogP contribution in [0.1, 0.15) is 33.1 Å². The number of fused-ring (bicyclic) bond motifs is 1. The van der Waals surface area contributed by atoms with Crippen molar-refractivity contribution in [1.29, 1.82) is 0 Å². The number of nitrogens with two attached hydrogens (primary N) is 2. The second-order valence-corrected chi connectivity index (χ2v) is 12.5. The van der Waals surface area contributed by atoms with Crippen LogP contribution < -0.4 is 22.1 Å². The molecule has 3 aliphatic heterocycles. The van der Waals surface area contributed by atoms with E-state index in [1.54, 1.807) is 7.05 Å². The standard InChI is InChI=1S/C27H50N4O13/c1-9-6-10(2)22(20(37)17(9)34)42-25-11(29)7-13-23(43-25)19(36)16(30-3)26(40-13)44-27-21(38)18(35)15(14(8-32)41-27)31-24(39)12(33)4-5-28/h9-23,25-27,30,32-38H,4-8,28-29H2,1-3H3,(H,31,39)/t9-,10?,11+,12+,13+,14?,15-,16?,17-,18+,19?,20?,21?,22-,23?,25+,26?,27-/m1/s1. The molecule has 3 heterocycles. The lowest BCUT2D eigenvalue weighted by atomic mass is 9.77. The molecule has 1 amide bonds. The molecule has 0 bridgehead atoms. The van der Waals surface area contributed by atoms with Gasteiger partial charge in [-0.1, -0.05) is 13.8 Å². The van der Waals surface area contributed by atoms with E-state index in [-0.39, 0.29) is 31.2 Å². The Bertz CT molecular complexity index is 936. The topological polar surface area (TPSA) is 281 Å². The minimum Gasteiger partial charge on any atom is -0.394 e. The molecule has 1 saturated carbocycles. The van der Waals surface area contributed by atoms with Gasteiger partial charge in [0.25, 0.3) is 0 Å². The molecule has 0 aromatic carbocycles. The second-order valence-electron chi connectivity index (χ2n) is 12.5. The van der Waals surface area contributed by atoms with Crippen molar-refractivity contribution in [3.05, 3.63) is 0 Å². The molecule has 4 rings (SSSR count). The Morgan fingerprint density at radius 1 is 0.886 bits per heavy atom. The highest BCUT2D eigenvalue weighted by Gasteiger charge is 2.54. The molecule has 256 valence electrons. The molecule has 3 saturated heterocycles. The number of nitrogens with one attached hydrogen (secondary N) is 2. The first-order valence-corrected chi connectivity index (χ1v) is 15.2. The number of ether oxygens (including phenoxy) is 5. The number of likely N-dealkylation sites (N-methyl/N-ethyl adjacent to an activating group) is 1. The zero-order valence-corrected chi connectivity index (χ0v) is 25.2. The SMILES string of the molecule is CNC1C(O[C@H]2OC(CO)[C@@H](NC(=O)[C@@H](O)CCN)[C@H](O)C2O)O[C@H]2C[C@H](N)[C@@H](O[C@@H]3C(C)C[C@@H](C)[C@@H](O)C3O)OC2C1O. The fourth-order valence-electron chi connectivity index (χ4n) is 6.63. The fourth-order valence-corrected chi connectivity index (χ4v) is 6.63. The van der Waals surface area contributed by atoms with Crippen molar-refractivity contribution in [2.24, 2.45) is 23.3 Å². The number of carbonyl (C=O) groups is 1. The number of hydrogen-bond donors (Lipinski definition) is 11. The molecule has 18 atom stereocenters. The van der Waals surface area contributed by atoms with Crippen LogP contribution in [0.25, 0.3) is 0 Å². The Hall–Kier alpha value is -1.13. The lowest BCUT2D eigenvalue weighted by Crippen LogP contribution is -2.70. The third-order valence-electron chi connectivity index (χ3n) is 9.22. The Morgan fingerprint density at radius 2 is 1.59 bits per heavy atom. The van der Waals surface area contributed by atoms with E-state index in [1.807, 2.05) is 13.8 Å². The van der Waals surface area contributed by atoms with Gasteiger partial charge in [0.2, 0.25) is 5.91 Å². The van der Waals surface area contributed by atoms with Crippen LogP contribution in [0, 0.1) is 11.8 Å². The van der Waals surface area contributed by atoms with Gasteiger partial charge in [0, 0.05) is 0 Å². The summed E-state index contributed by atoms with van der Waals surface area (Å²) in [6.45, 7) is 3.13. The van der Waals surface area contributed by atoms with Gasteiger partial charge in [-0.05, 0) is 44.7 Å². The molecular weight excluding hydrogens is 588 g/mol. The monoisotopic (exact) mass is 638 g/mol. The van der Waals surface area contributed by atoms with E-state index in [0.29, 0.717) is 6.42 Å². The summed E-state index contributed by atoms with van der Waals surface area (Å²) < 4.78 is 29.8. The fraction of sp³-hybridized carbons (Fsp3) is 0.963. The number of carbonyl (C=O) groups excluding carboxylic acids is 1. The van der Waals surface area contributed by atoms with Crippen LogP contribution in [0.5, 0.6) is 0 Å². The average Bonchev–Trinajstić information content (AvgIpc) is 2.98. The molecule has 4 aliphatic rings. The van der Waals surface area contributed by atoms with Gasteiger partial charge in [-0.15, -0.1) is 0 Å². The van der Waals surface area contributed by atoms with Gasteiger partial charge in [0.15, 0.2) is 18.9 Å². The van der Waals surface area contributed by atoms with Crippen LogP contribution >= 0.6 is 0 Å². The predicted molar refractivity (Wildman–Crippen MR) is 149 cm³/mol. The largest absolute Gasteiger partial charge is 0.394 e. The van der Waals surface area contributed by atoms with Crippen molar-refractivity contribution < 1.29 is 64.2 Å². The van der Waals surface area contributed by atoms with E-state index in [9.17, 15) is 40.5 Å². The van der Waals surface area contributed by atoms with Crippen molar-refractivity contribution in [3.63, 3.8) is 0 Å². The first-order valence-electron chi connectivity index (χ1n) is 15.2. The van der Waals surface area contributed by atoms with E-state index in [4.69, 9.17) is 35.2 Å². The van der Waals surface area contributed by atoms with Gasteiger partial charge in [0.05, 0.1) is 43.0 Å². The molecule has 0 aromatic rings. The Balaban J connectivity index is 1.41. The molecule has 0 radical (unpaired) electrons. The summed E-state index contributed by atoms with van der Waals surface area (Å²) >= 11 is 0. The minimum atomic E-state index is -1.73. The lowest BCUT2D eigenvalue weighted by molar-refractivity contribution is -0.374. The second kappa shape index (κ2) is 15.2.